The Labute approximate surface area is 99.4 Å². The molecule has 0 atom stereocenters. The Morgan fingerprint density at radius 2 is 2.00 bits per heavy atom. The first kappa shape index (κ1) is 10.8. The van der Waals surface area contributed by atoms with Crippen LogP contribution in [-0.2, 0) is 14.9 Å². The fraction of sp³-hybridized carbons (Fsp3) is 0.400. The highest BCUT2D eigenvalue weighted by molar-refractivity contribution is 5.86. The molecule has 1 aliphatic carbocycles. The second-order valence-electron chi connectivity index (χ2n) is 4.29. The second-order valence-corrected chi connectivity index (χ2v) is 4.29. The first-order valence-corrected chi connectivity index (χ1v) is 5.38. The lowest BCUT2D eigenvalue weighted by Crippen LogP contribution is -2.23. The molecule has 0 aliphatic heterocycles. The van der Waals surface area contributed by atoms with Gasteiger partial charge >= 0.3 is 11.7 Å². The van der Waals surface area contributed by atoms with Gasteiger partial charge in [0.1, 0.15) is 16.8 Å². The number of hydrogen-bond donors (Lipinski definition) is 3. The Morgan fingerprint density at radius 3 is 2.61 bits per heavy atom. The van der Waals surface area contributed by atoms with E-state index in [1.807, 2.05) is 0 Å². The summed E-state index contributed by atoms with van der Waals surface area (Å²) in [5.74, 6) is -0.0305. The Balaban J connectivity index is 2.21. The van der Waals surface area contributed by atoms with Crippen molar-refractivity contribution in [2.45, 2.75) is 18.3 Å². The number of esters is 1. The summed E-state index contributed by atoms with van der Waals surface area (Å²) in [6.45, 7) is 0. The normalized spacial score (nSPS) is 16.7. The van der Waals surface area contributed by atoms with Crippen LogP contribution in [0.2, 0.25) is 0 Å². The Morgan fingerprint density at radius 1 is 1.28 bits per heavy atom. The van der Waals surface area contributed by atoms with Crippen molar-refractivity contribution >= 4 is 17.1 Å². The molecule has 1 saturated carbocycles. The summed E-state index contributed by atoms with van der Waals surface area (Å²) in [6, 6.07) is 0. The summed E-state index contributed by atoms with van der Waals surface area (Å²) < 4.78 is 4.73. The highest BCUT2D eigenvalue weighted by Crippen LogP contribution is 2.47. The maximum atomic E-state index is 11.7. The molecular weight excluding hydrogens is 240 g/mol. The van der Waals surface area contributed by atoms with Crippen LogP contribution >= 0.6 is 0 Å². The van der Waals surface area contributed by atoms with Crippen molar-refractivity contribution in [1.29, 1.82) is 0 Å². The highest BCUT2D eigenvalue weighted by Gasteiger charge is 2.55. The maximum Gasteiger partial charge on any atom is 0.327 e. The van der Waals surface area contributed by atoms with E-state index in [1.165, 1.54) is 7.11 Å². The van der Waals surface area contributed by atoms with Crippen LogP contribution in [0.5, 0.6) is 0 Å². The van der Waals surface area contributed by atoms with Crippen molar-refractivity contribution in [2.75, 3.05) is 7.11 Å². The molecule has 8 nitrogen and oxygen atoms in total. The van der Waals surface area contributed by atoms with Gasteiger partial charge in [-0.15, -0.1) is 0 Å². The number of nitrogens with zero attached hydrogens (tertiary/aromatic N) is 1. The zero-order chi connectivity index (χ0) is 12.9. The van der Waals surface area contributed by atoms with Crippen LogP contribution in [0.1, 0.15) is 18.7 Å². The summed E-state index contributed by atoms with van der Waals surface area (Å²) in [5, 5.41) is 0. The number of carbonyl (C=O) groups is 1. The van der Waals surface area contributed by atoms with E-state index >= 15 is 0 Å². The summed E-state index contributed by atoms with van der Waals surface area (Å²) in [7, 11) is 1.31. The molecule has 3 N–H and O–H groups in total. The fourth-order valence-corrected chi connectivity index (χ4v) is 2.02. The predicted octanol–water partition coefficient (Wildman–Crippen LogP) is -0.856. The monoisotopic (exact) mass is 250 g/mol. The van der Waals surface area contributed by atoms with Crippen molar-refractivity contribution in [3.63, 3.8) is 0 Å². The molecule has 0 spiro atoms. The van der Waals surface area contributed by atoms with Gasteiger partial charge in [0.2, 0.25) is 0 Å². The summed E-state index contributed by atoms with van der Waals surface area (Å²) in [4.78, 5) is 45.7. The average Bonchev–Trinajstić information content (AvgIpc) is 3.03. The molecule has 3 rings (SSSR count). The molecule has 0 bridgehead atoms. The number of hydrogen-bond acceptors (Lipinski definition) is 5. The van der Waals surface area contributed by atoms with E-state index in [9.17, 15) is 14.4 Å². The molecule has 8 heteroatoms. The molecule has 1 fully saturated rings. The van der Waals surface area contributed by atoms with Gasteiger partial charge in [-0.1, -0.05) is 0 Å². The minimum Gasteiger partial charge on any atom is -0.468 e. The van der Waals surface area contributed by atoms with Crippen molar-refractivity contribution in [3.8, 4) is 0 Å². The fourth-order valence-electron chi connectivity index (χ4n) is 2.02. The topological polar surface area (TPSA) is 121 Å². The van der Waals surface area contributed by atoms with Crippen LogP contribution in [0.3, 0.4) is 0 Å². The molecule has 0 amide bonds. The van der Waals surface area contributed by atoms with E-state index < -0.39 is 16.7 Å². The number of ether oxygens (including phenoxy) is 1. The largest absolute Gasteiger partial charge is 0.468 e. The molecule has 2 aromatic rings. The van der Waals surface area contributed by atoms with Crippen LogP contribution < -0.4 is 11.2 Å². The quantitative estimate of drug-likeness (QED) is 0.599. The van der Waals surface area contributed by atoms with Crippen molar-refractivity contribution in [2.24, 2.45) is 0 Å². The first-order chi connectivity index (χ1) is 8.56. The average molecular weight is 250 g/mol. The van der Waals surface area contributed by atoms with Gasteiger partial charge in [-0.3, -0.25) is 19.6 Å². The molecule has 2 heterocycles. The summed E-state index contributed by atoms with van der Waals surface area (Å²) in [6.07, 6.45) is 1.23. The number of nitrogens with one attached hydrogen (secondary N) is 3. The Hall–Kier alpha value is -2.38. The minimum absolute atomic E-state index is 0.147. The number of imidazole rings is 1. The molecule has 18 heavy (non-hydrogen) atoms. The van der Waals surface area contributed by atoms with Gasteiger partial charge in [0, 0.05) is 0 Å². The van der Waals surface area contributed by atoms with Crippen LogP contribution in [0.15, 0.2) is 9.59 Å². The van der Waals surface area contributed by atoms with Crippen molar-refractivity contribution in [3.05, 3.63) is 26.7 Å². The lowest BCUT2D eigenvalue weighted by Gasteiger charge is -2.08. The molecule has 0 unspecified atom stereocenters. The molecule has 2 aromatic heterocycles. The van der Waals surface area contributed by atoms with Gasteiger partial charge in [-0.25, -0.2) is 9.78 Å². The molecule has 0 radical (unpaired) electrons. The molecule has 1 aliphatic rings. The van der Waals surface area contributed by atoms with Gasteiger partial charge < -0.3 is 9.72 Å². The highest BCUT2D eigenvalue weighted by atomic mass is 16.5. The number of methoxy groups -OCH3 is 1. The third-order valence-electron chi connectivity index (χ3n) is 3.17. The molecular formula is C10H10N4O4. The SMILES string of the molecule is COC(=O)C1(c2nc3[nH]c(=O)[nH]c(=O)c3[nH]2)CC1. The van der Waals surface area contributed by atoms with E-state index in [0.717, 1.165) is 0 Å². The van der Waals surface area contributed by atoms with Crippen molar-refractivity contribution in [1.82, 2.24) is 19.9 Å². The Bertz CT molecular complexity index is 749. The van der Waals surface area contributed by atoms with E-state index in [4.69, 9.17) is 4.74 Å². The number of carbonyl (C=O) groups excluding carboxylic acids is 1. The van der Waals surface area contributed by atoms with Gasteiger partial charge in [0.05, 0.1) is 7.11 Å². The number of rotatable bonds is 2. The number of aromatic nitrogens is 4. The van der Waals surface area contributed by atoms with Gasteiger partial charge in [0.15, 0.2) is 5.65 Å². The number of fused-ring (bicyclic) bond motifs is 1. The zero-order valence-corrected chi connectivity index (χ0v) is 9.49. The van der Waals surface area contributed by atoms with E-state index in [0.29, 0.717) is 18.7 Å². The zero-order valence-electron chi connectivity index (χ0n) is 9.49. The first-order valence-electron chi connectivity index (χ1n) is 5.38. The molecule has 0 aromatic carbocycles. The van der Waals surface area contributed by atoms with Crippen LogP contribution in [0.25, 0.3) is 11.2 Å². The van der Waals surface area contributed by atoms with Gasteiger partial charge in [0.25, 0.3) is 5.56 Å². The minimum atomic E-state index is -0.795. The van der Waals surface area contributed by atoms with E-state index in [1.54, 1.807) is 0 Å². The smallest absolute Gasteiger partial charge is 0.327 e. The van der Waals surface area contributed by atoms with Gasteiger partial charge in [-0.2, -0.15) is 0 Å². The Kier molecular flexibility index (Phi) is 1.98. The maximum absolute atomic E-state index is 11.7. The second kappa shape index (κ2) is 3.31. The lowest BCUT2D eigenvalue weighted by atomic mass is 10.1. The van der Waals surface area contributed by atoms with Crippen LogP contribution in [0.4, 0.5) is 0 Å². The predicted molar refractivity (Wildman–Crippen MR) is 60.3 cm³/mol. The summed E-state index contributed by atoms with van der Waals surface area (Å²) in [5.41, 5.74) is -1.69. The van der Waals surface area contributed by atoms with Crippen molar-refractivity contribution < 1.29 is 9.53 Å². The van der Waals surface area contributed by atoms with E-state index in [2.05, 4.69) is 19.9 Å². The molecule has 0 saturated heterocycles. The third kappa shape index (κ3) is 1.31. The number of H-pyrrole nitrogens is 3. The number of aromatic amines is 3. The lowest BCUT2D eigenvalue weighted by molar-refractivity contribution is -0.143. The molecule has 94 valence electrons. The summed E-state index contributed by atoms with van der Waals surface area (Å²) >= 11 is 0. The standard InChI is InChI=1S/C10H10N4O4/c1-18-8(16)10(2-3-10)7-11-4-5(12-7)13-9(17)14-6(4)15/h2-3H2,1H3,(H3,11,12,13,14,15,17). The van der Waals surface area contributed by atoms with Gasteiger partial charge in [-0.05, 0) is 12.8 Å². The van der Waals surface area contributed by atoms with Crippen LogP contribution in [-0.4, -0.2) is 33.0 Å². The van der Waals surface area contributed by atoms with E-state index in [-0.39, 0.29) is 17.1 Å². The van der Waals surface area contributed by atoms with Crippen LogP contribution in [0, 0.1) is 0 Å². The third-order valence-corrected chi connectivity index (χ3v) is 3.17.